The number of nitrogens with two attached hydrogens (primary N) is 1. The fraction of sp³-hybridized carbons (Fsp3) is 0.364. The van der Waals surface area contributed by atoms with Crippen LogP contribution in [-0.2, 0) is 6.54 Å². The largest absolute Gasteiger partial charge is 0.361 e. The third kappa shape index (κ3) is 3.68. The Balaban J connectivity index is 1.45. The van der Waals surface area contributed by atoms with E-state index in [-0.39, 0.29) is 0 Å². The Labute approximate surface area is 155 Å². The first-order valence-corrected chi connectivity index (χ1v) is 9.61. The molecule has 4 heteroatoms. The van der Waals surface area contributed by atoms with Gasteiger partial charge in [0.25, 0.3) is 0 Å². The molecule has 1 unspecified atom stereocenters. The standard InChI is InChI=1S/C22H28N4/c23-11-10-22(20-16-24-21-9-5-4-8-19(20)21)26-14-12-25(13-15-26)17-18-6-2-1-3-7-18/h1-9,16,22,24H,10-15,17,23H2. The van der Waals surface area contributed by atoms with Crippen LogP contribution in [0.5, 0.6) is 0 Å². The van der Waals surface area contributed by atoms with Crippen molar-refractivity contribution in [2.24, 2.45) is 5.73 Å². The van der Waals surface area contributed by atoms with Crippen LogP contribution < -0.4 is 5.73 Å². The third-order valence-electron chi connectivity index (χ3n) is 5.52. The van der Waals surface area contributed by atoms with E-state index in [4.69, 9.17) is 5.73 Å². The van der Waals surface area contributed by atoms with Gasteiger partial charge >= 0.3 is 0 Å². The first-order valence-electron chi connectivity index (χ1n) is 9.61. The summed E-state index contributed by atoms with van der Waals surface area (Å²) >= 11 is 0. The highest BCUT2D eigenvalue weighted by Gasteiger charge is 2.26. The highest BCUT2D eigenvalue weighted by molar-refractivity contribution is 5.83. The maximum Gasteiger partial charge on any atom is 0.0457 e. The van der Waals surface area contributed by atoms with Gasteiger partial charge in [-0.3, -0.25) is 9.80 Å². The minimum absolute atomic E-state index is 0.398. The lowest BCUT2D eigenvalue weighted by molar-refractivity contribution is 0.0891. The molecular weight excluding hydrogens is 320 g/mol. The van der Waals surface area contributed by atoms with Crippen molar-refractivity contribution in [3.63, 3.8) is 0 Å². The van der Waals surface area contributed by atoms with Crippen molar-refractivity contribution in [1.82, 2.24) is 14.8 Å². The highest BCUT2D eigenvalue weighted by atomic mass is 15.3. The lowest BCUT2D eigenvalue weighted by Gasteiger charge is -2.39. The summed E-state index contributed by atoms with van der Waals surface area (Å²) in [4.78, 5) is 8.60. The molecule has 0 saturated carbocycles. The Hall–Kier alpha value is -2.14. The molecule has 2 aromatic carbocycles. The number of aromatic nitrogens is 1. The Bertz CT molecular complexity index is 818. The molecule has 1 aliphatic rings. The normalized spacial score (nSPS) is 17.6. The number of hydrogen-bond acceptors (Lipinski definition) is 3. The molecule has 0 bridgehead atoms. The lowest BCUT2D eigenvalue weighted by Crippen LogP contribution is -2.47. The Kier molecular flexibility index (Phi) is 5.34. The van der Waals surface area contributed by atoms with E-state index in [0.717, 1.165) is 39.1 Å². The second kappa shape index (κ2) is 8.04. The lowest BCUT2D eigenvalue weighted by atomic mass is 10.00. The molecule has 1 aromatic heterocycles. The van der Waals surface area contributed by atoms with Crippen molar-refractivity contribution in [3.05, 3.63) is 71.9 Å². The average Bonchev–Trinajstić information content (AvgIpc) is 3.12. The zero-order valence-electron chi connectivity index (χ0n) is 15.3. The van der Waals surface area contributed by atoms with Crippen molar-refractivity contribution in [3.8, 4) is 0 Å². The molecule has 0 aliphatic carbocycles. The number of para-hydroxylation sites is 1. The molecule has 1 atom stereocenters. The van der Waals surface area contributed by atoms with Crippen LogP contribution in [0.15, 0.2) is 60.8 Å². The van der Waals surface area contributed by atoms with Crippen molar-refractivity contribution in [2.75, 3.05) is 32.7 Å². The van der Waals surface area contributed by atoms with Gasteiger partial charge in [-0.15, -0.1) is 0 Å². The summed E-state index contributed by atoms with van der Waals surface area (Å²) in [7, 11) is 0. The van der Waals surface area contributed by atoms with Crippen molar-refractivity contribution in [1.29, 1.82) is 0 Å². The monoisotopic (exact) mass is 348 g/mol. The van der Waals surface area contributed by atoms with Gasteiger partial charge in [0.15, 0.2) is 0 Å². The number of piperazine rings is 1. The predicted molar refractivity (Wildman–Crippen MR) is 108 cm³/mol. The number of H-pyrrole nitrogens is 1. The minimum Gasteiger partial charge on any atom is -0.361 e. The zero-order chi connectivity index (χ0) is 17.8. The first kappa shape index (κ1) is 17.3. The maximum absolute atomic E-state index is 5.97. The van der Waals surface area contributed by atoms with Gasteiger partial charge in [0.2, 0.25) is 0 Å². The SMILES string of the molecule is NCCC(c1c[nH]c2ccccc12)N1CCN(Cc2ccccc2)CC1. The van der Waals surface area contributed by atoms with Crippen molar-refractivity contribution in [2.45, 2.75) is 19.0 Å². The highest BCUT2D eigenvalue weighted by Crippen LogP contribution is 2.31. The van der Waals surface area contributed by atoms with Gasteiger partial charge in [-0.2, -0.15) is 0 Å². The van der Waals surface area contributed by atoms with Crippen molar-refractivity contribution < 1.29 is 0 Å². The molecule has 1 aliphatic heterocycles. The zero-order valence-corrected chi connectivity index (χ0v) is 15.3. The molecule has 26 heavy (non-hydrogen) atoms. The molecule has 3 N–H and O–H groups in total. The van der Waals surface area contributed by atoms with E-state index in [0.29, 0.717) is 12.6 Å². The summed E-state index contributed by atoms with van der Waals surface area (Å²) in [6, 6.07) is 19.7. The van der Waals surface area contributed by atoms with E-state index in [1.807, 2.05) is 0 Å². The van der Waals surface area contributed by atoms with Gasteiger partial charge in [-0.25, -0.2) is 0 Å². The molecule has 0 radical (unpaired) electrons. The summed E-state index contributed by atoms with van der Waals surface area (Å²) in [5, 5.41) is 1.33. The molecule has 4 rings (SSSR count). The number of fused-ring (bicyclic) bond motifs is 1. The van der Waals surface area contributed by atoms with E-state index in [1.54, 1.807) is 0 Å². The molecule has 2 heterocycles. The molecule has 136 valence electrons. The molecular formula is C22H28N4. The molecule has 4 nitrogen and oxygen atoms in total. The second-order valence-corrected chi connectivity index (χ2v) is 7.18. The fourth-order valence-corrected chi connectivity index (χ4v) is 4.14. The number of rotatable bonds is 6. The van der Waals surface area contributed by atoms with Crippen LogP contribution in [0.3, 0.4) is 0 Å². The van der Waals surface area contributed by atoms with Gasteiger partial charge in [0.05, 0.1) is 0 Å². The van der Waals surface area contributed by atoms with E-state index in [2.05, 4.69) is 75.6 Å². The summed E-state index contributed by atoms with van der Waals surface area (Å²) in [6.45, 7) is 6.17. The Morgan fingerprint density at radius 2 is 1.65 bits per heavy atom. The summed E-state index contributed by atoms with van der Waals surface area (Å²) in [6.07, 6.45) is 3.18. The Morgan fingerprint density at radius 1 is 0.923 bits per heavy atom. The number of nitrogens with one attached hydrogen (secondary N) is 1. The van der Waals surface area contributed by atoms with Crippen LogP contribution in [0.25, 0.3) is 10.9 Å². The summed E-state index contributed by atoms with van der Waals surface area (Å²) < 4.78 is 0. The van der Waals surface area contributed by atoms with Crippen molar-refractivity contribution >= 4 is 10.9 Å². The van der Waals surface area contributed by atoms with E-state index < -0.39 is 0 Å². The number of hydrogen-bond donors (Lipinski definition) is 2. The van der Waals surface area contributed by atoms with Crippen LogP contribution >= 0.6 is 0 Å². The first-order chi connectivity index (χ1) is 12.8. The van der Waals surface area contributed by atoms with Gasteiger partial charge < -0.3 is 10.7 Å². The van der Waals surface area contributed by atoms with Crippen LogP contribution in [0.1, 0.15) is 23.6 Å². The van der Waals surface area contributed by atoms with Gasteiger partial charge in [-0.05, 0) is 30.2 Å². The number of benzene rings is 2. The molecule has 0 spiro atoms. The van der Waals surface area contributed by atoms with Gasteiger partial charge in [0.1, 0.15) is 0 Å². The third-order valence-corrected chi connectivity index (χ3v) is 5.52. The molecule has 1 saturated heterocycles. The second-order valence-electron chi connectivity index (χ2n) is 7.18. The van der Waals surface area contributed by atoms with Gasteiger partial charge in [0, 0.05) is 55.9 Å². The van der Waals surface area contributed by atoms with Crippen LogP contribution in [0, 0.1) is 0 Å². The minimum atomic E-state index is 0.398. The number of aromatic amines is 1. The molecule has 0 amide bonds. The quantitative estimate of drug-likeness (QED) is 0.718. The topological polar surface area (TPSA) is 48.3 Å². The number of nitrogens with zero attached hydrogens (tertiary/aromatic N) is 2. The van der Waals surface area contributed by atoms with E-state index in [1.165, 1.54) is 22.0 Å². The summed E-state index contributed by atoms with van der Waals surface area (Å²) in [5.41, 5.74) is 9.97. The van der Waals surface area contributed by atoms with E-state index >= 15 is 0 Å². The van der Waals surface area contributed by atoms with Crippen LogP contribution in [-0.4, -0.2) is 47.5 Å². The molecule has 1 fully saturated rings. The smallest absolute Gasteiger partial charge is 0.0457 e. The maximum atomic E-state index is 5.97. The van der Waals surface area contributed by atoms with E-state index in [9.17, 15) is 0 Å². The Morgan fingerprint density at radius 3 is 2.42 bits per heavy atom. The fourth-order valence-electron chi connectivity index (χ4n) is 4.14. The summed E-state index contributed by atoms with van der Waals surface area (Å²) in [5.74, 6) is 0. The average molecular weight is 348 g/mol. The predicted octanol–water partition coefficient (Wildman–Crippen LogP) is 3.38. The van der Waals surface area contributed by atoms with Crippen LogP contribution in [0.4, 0.5) is 0 Å². The molecule has 3 aromatic rings. The van der Waals surface area contributed by atoms with Gasteiger partial charge in [-0.1, -0.05) is 48.5 Å². The van der Waals surface area contributed by atoms with Crippen LogP contribution in [0.2, 0.25) is 0 Å².